The molecule has 0 heterocycles. The second-order valence-electron chi connectivity index (χ2n) is 5.38. The summed E-state index contributed by atoms with van der Waals surface area (Å²) in [5, 5.41) is 5.92. The lowest BCUT2D eigenvalue weighted by molar-refractivity contribution is -0.120. The maximum Gasteiger partial charge on any atom is 0.224 e. The van der Waals surface area contributed by atoms with E-state index in [1.807, 2.05) is 7.05 Å². The second kappa shape index (κ2) is 7.01. The summed E-state index contributed by atoms with van der Waals surface area (Å²) in [4.78, 5) is 11.8. The van der Waals surface area contributed by atoms with Crippen LogP contribution < -0.4 is 10.6 Å². The summed E-state index contributed by atoms with van der Waals surface area (Å²) in [5.74, 6) is -0.519. The van der Waals surface area contributed by atoms with Gasteiger partial charge in [-0.3, -0.25) is 4.79 Å². The van der Waals surface area contributed by atoms with E-state index < -0.39 is 0 Å². The van der Waals surface area contributed by atoms with Crippen LogP contribution >= 0.6 is 15.9 Å². The number of carbonyl (C=O) groups is 1. The average molecular weight is 331 g/mol. The predicted molar refractivity (Wildman–Crippen MR) is 78.5 cm³/mol. The first-order valence-electron chi connectivity index (χ1n) is 6.19. The summed E-state index contributed by atoms with van der Waals surface area (Å²) in [7, 11) is 1.88. The third-order valence-corrected chi connectivity index (χ3v) is 3.27. The first-order valence-corrected chi connectivity index (χ1v) is 6.98. The molecule has 19 heavy (non-hydrogen) atoms. The molecule has 0 saturated carbocycles. The van der Waals surface area contributed by atoms with Gasteiger partial charge in [-0.05, 0) is 36.2 Å². The number of benzene rings is 1. The van der Waals surface area contributed by atoms with Crippen molar-refractivity contribution in [3.05, 3.63) is 34.1 Å². The van der Waals surface area contributed by atoms with E-state index in [1.54, 1.807) is 12.1 Å². The largest absolute Gasteiger partial charge is 0.355 e. The number of nitrogens with one attached hydrogen (secondary N) is 2. The Hall–Kier alpha value is -0.940. The maximum absolute atomic E-state index is 13.5. The second-order valence-corrected chi connectivity index (χ2v) is 6.30. The van der Waals surface area contributed by atoms with Crippen molar-refractivity contribution in [2.75, 3.05) is 20.1 Å². The molecule has 0 saturated heterocycles. The molecular formula is C14H20BrFN2O. The molecule has 2 N–H and O–H groups in total. The van der Waals surface area contributed by atoms with Gasteiger partial charge in [0.15, 0.2) is 0 Å². The van der Waals surface area contributed by atoms with Crippen LogP contribution in [0, 0.1) is 11.2 Å². The monoisotopic (exact) mass is 330 g/mol. The topological polar surface area (TPSA) is 41.1 Å². The average Bonchev–Trinajstić information content (AvgIpc) is 2.31. The van der Waals surface area contributed by atoms with E-state index in [-0.39, 0.29) is 23.6 Å². The fraction of sp³-hybridized carbons (Fsp3) is 0.500. The number of rotatable bonds is 6. The zero-order chi connectivity index (χ0) is 14.5. The molecule has 0 unspecified atom stereocenters. The molecular weight excluding hydrogens is 311 g/mol. The van der Waals surface area contributed by atoms with Gasteiger partial charge in [0.25, 0.3) is 0 Å². The van der Waals surface area contributed by atoms with Crippen LogP contribution in [0.1, 0.15) is 19.4 Å². The standard InChI is InChI=1S/C14H20BrFN2O/c1-14(2,8-17-3)9-18-13(19)7-10-6-11(15)4-5-12(10)16/h4-6,17H,7-9H2,1-3H3,(H,18,19). The van der Waals surface area contributed by atoms with E-state index in [2.05, 4.69) is 40.4 Å². The zero-order valence-electron chi connectivity index (χ0n) is 11.5. The Kier molecular flexibility index (Phi) is 5.94. The lowest BCUT2D eigenvalue weighted by atomic mass is 9.93. The highest BCUT2D eigenvalue weighted by atomic mass is 79.9. The highest BCUT2D eigenvalue weighted by Crippen LogP contribution is 2.16. The van der Waals surface area contributed by atoms with E-state index in [0.29, 0.717) is 12.1 Å². The summed E-state index contributed by atoms with van der Waals surface area (Å²) in [6.45, 7) is 5.48. The molecule has 106 valence electrons. The van der Waals surface area contributed by atoms with Crippen LogP contribution in [-0.2, 0) is 11.2 Å². The Bertz CT molecular complexity index is 449. The van der Waals surface area contributed by atoms with Gasteiger partial charge in [-0.15, -0.1) is 0 Å². The molecule has 0 aliphatic rings. The van der Waals surface area contributed by atoms with Crippen LogP contribution in [-0.4, -0.2) is 26.0 Å². The van der Waals surface area contributed by atoms with Gasteiger partial charge in [0.05, 0.1) is 6.42 Å². The molecule has 0 aliphatic heterocycles. The Morgan fingerprint density at radius 3 is 2.68 bits per heavy atom. The molecule has 0 bridgehead atoms. The van der Waals surface area contributed by atoms with Gasteiger partial charge in [0.2, 0.25) is 5.91 Å². The van der Waals surface area contributed by atoms with Crippen LogP contribution in [0.2, 0.25) is 0 Å². The van der Waals surface area contributed by atoms with E-state index in [9.17, 15) is 9.18 Å². The molecule has 0 spiro atoms. The molecule has 0 aromatic heterocycles. The normalized spacial score (nSPS) is 11.4. The molecule has 0 fully saturated rings. The van der Waals surface area contributed by atoms with Crippen LogP contribution in [0.15, 0.2) is 22.7 Å². The van der Waals surface area contributed by atoms with Crippen molar-refractivity contribution in [3.8, 4) is 0 Å². The smallest absolute Gasteiger partial charge is 0.224 e. The Balaban J connectivity index is 2.54. The highest BCUT2D eigenvalue weighted by molar-refractivity contribution is 9.10. The van der Waals surface area contributed by atoms with Gasteiger partial charge in [-0.2, -0.15) is 0 Å². The van der Waals surface area contributed by atoms with Crippen molar-refractivity contribution in [2.24, 2.45) is 5.41 Å². The molecule has 1 amide bonds. The molecule has 1 rings (SSSR count). The number of amides is 1. The Morgan fingerprint density at radius 1 is 1.37 bits per heavy atom. The van der Waals surface area contributed by atoms with Crippen molar-refractivity contribution in [3.63, 3.8) is 0 Å². The fourth-order valence-corrected chi connectivity index (χ4v) is 2.20. The summed E-state index contributed by atoms with van der Waals surface area (Å²) in [6, 6.07) is 4.61. The minimum absolute atomic E-state index is 0.0276. The molecule has 3 nitrogen and oxygen atoms in total. The zero-order valence-corrected chi connectivity index (χ0v) is 13.1. The minimum Gasteiger partial charge on any atom is -0.355 e. The predicted octanol–water partition coefficient (Wildman–Crippen LogP) is 2.49. The van der Waals surface area contributed by atoms with E-state index >= 15 is 0 Å². The summed E-state index contributed by atoms with van der Waals surface area (Å²) >= 11 is 3.27. The van der Waals surface area contributed by atoms with Gasteiger partial charge in [-0.1, -0.05) is 29.8 Å². The minimum atomic E-state index is -0.354. The van der Waals surface area contributed by atoms with E-state index in [1.165, 1.54) is 6.07 Å². The Morgan fingerprint density at radius 2 is 2.05 bits per heavy atom. The number of halogens is 2. The van der Waals surface area contributed by atoms with Crippen molar-refractivity contribution in [1.29, 1.82) is 0 Å². The van der Waals surface area contributed by atoms with Crippen molar-refractivity contribution in [2.45, 2.75) is 20.3 Å². The molecule has 1 aromatic carbocycles. The highest BCUT2D eigenvalue weighted by Gasteiger charge is 2.18. The van der Waals surface area contributed by atoms with Gasteiger partial charge in [-0.25, -0.2) is 4.39 Å². The molecule has 1 aromatic rings. The number of carbonyl (C=O) groups excluding carboxylic acids is 1. The number of hydrogen-bond donors (Lipinski definition) is 2. The number of hydrogen-bond acceptors (Lipinski definition) is 2. The van der Waals surface area contributed by atoms with Gasteiger partial charge in [0.1, 0.15) is 5.82 Å². The van der Waals surface area contributed by atoms with Gasteiger partial charge < -0.3 is 10.6 Å². The third-order valence-electron chi connectivity index (χ3n) is 2.78. The lowest BCUT2D eigenvalue weighted by Gasteiger charge is -2.24. The SMILES string of the molecule is CNCC(C)(C)CNC(=O)Cc1cc(Br)ccc1F. The van der Waals surface area contributed by atoms with Crippen molar-refractivity contribution < 1.29 is 9.18 Å². The lowest BCUT2D eigenvalue weighted by Crippen LogP contribution is -2.40. The fourth-order valence-electron chi connectivity index (χ4n) is 1.79. The molecule has 5 heteroatoms. The van der Waals surface area contributed by atoms with E-state index in [4.69, 9.17) is 0 Å². The molecule has 0 atom stereocenters. The first kappa shape index (κ1) is 16.1. The molecule has 0 radical (unpaired) electrons. The van der Waals surface area contributed by atoms with Crippen LogP contribution in [0.4, 0.5) is 4.39 Å². The first-order chi connectivity index (χ1) is 8.84. The van der Waals surface area contributed by atoms with Crippen LogP contribution in [0.25, 0.3) is 0 Å². The van der Waals surface area contributed by atoms with Crippen LogP contribution in [0.5, 0.6) is 0 Å². The maximum atomic E-state index is 13.5. The summed E-state index contributed by atoms with van der Waals surface area (Å²) < 4.78 is 14.3. The van der Waals surface area contributed by atoms with Crippen LogP contribution in [0.3, 0.4) is 0 Å². The van der Waals surface area contributed by atoms with Crippen molar-refractivity contribution in [1.82, 2.24) is 10.6 Å². The molecule has 0 aliphatic carbocycles. The quantitative estimate of drug-likeness (QED) is 0.841. The van der Waals surface area contributed by atoms with E-state index in [0.717, 1.165) is 11.0 Å². The third kappa shape index (κ3) is 5.70. The Labute approximate surface area is 122 Å². The summed E-state index contributed by atoms with van der Waals surface area (Å²) in [5.41, 5.74) is 0.374. The van der Waals surface area contributed by atoms with Gasteiger partial charge >= 0.3 is 0 Å². The summed E-state index contributed by atoms with van der Waals surface area (Å²) in [6.07, 6.45) is 0.0565. The van der Waals surface area contributed by atoms with Crippen molar-refractivity contribution >= 4 is 21.8 Å². The van der Waals surface area contributed by atoms with Gasteiger partial charge in [0, 0.05) is 17.6 Å².